The molecule has 7 heteroatoms. The van der Waals surface area contributed by atoms with Crippen LogP contribution in [0.5, 0.6) is 0 Å². The molecule has 0 spiro atoms. The number of rotatable bonds is 5. The lowest BCUT2D eigenvalue weighted by molar-refractivity contribution is -0.115. The Morgan fingerprint density at radius 3 is 2.68 bits per heavy atom. The molecule has 25 heavy (non-hydrogen) atoms. The molecule has 1 N–H and O–H groups in total. The van der Waals surface area contributed by atoms with Crippen molar-refractivity contribution in [1.82, 2.24) is 9.97 Å². The van der Waals surface area contributed by atoms with E-state index in [0.717, 1.165) is 31.5 Å². The average Bonchev–Trinajstić information content (AvgIpc) is 3.11. The topological polar surface area (TPSA) is 61.4 Å². The summed E-state index contributed by atoms with van der Waals surface area (Å²) in [5.41, 5.74) is 1.40. The molecule has 3 rings (SSSR count). The van der Waals surface area contributed by atoms with Gasteiger partial charge in [0.25, 0.3) is 0 Å². The van der Waals surface area contributed by atoms with E-state index in [-0.39, 0.29) is 12.3 Å². The third-order valence-corrected chi connectivity index (χ3v) is 4.52. The largest absolute Gasteiger partial charge is 0.361 e. The van der Waals surface area contributed by atoms with Crippen LogP contribution in [0.25, 0.3) is 0 Å². The Balaban J connectivity index is 1.76. The SMILES string of the molecule is CN(C)c1nc(N2CCCC2)ncc1NC(=O)Cc1ccccc1Cl. The first-order valence-corrected chi connectivity index (χ1v) is 8.75. The van der Waals surface area contributed by atoms with Crippen molar-refractivity contribution < 1.29 is 4.79 Å². The van der Waals surface area contributed by atoms with Gasteiger partial charge in [-0.3, -0.25) is 4.79 Å². The summed E-state index contributed by atoms with van der Waals surface area (Å²) in [6.45, 7) is 1.95. The zero-order valence-electron chi connectivity index (χ0n) is 14.5. The second kappa shape index (κ2) is 7.70. The van der Waals surface area contributed by atoms with Crippen molar-refractivity contribution in [3.8, 4) is 0 Å². The van der Waals surface area contributed by atoms with E-state index in [0.29, 0.717) is 22.5 Å². The van der Waals surface area contributed by atoms with Crippen molar-refractivity contribution in [3.63, 3.8) is 0 Å². The molecular formula is C18H22ClN5O. The zero-order chi connectivity index (χ0) is 17.8. The summed E-state index contributed by atoms with van der Waals surface area (Å²) >= 11 is 6.13. The highest BCUT2D eigenvalue weighted by Gasteiger charge is 2.18. The summed E-state index contributed by atoms with van der Waals surface area (Å²) in [6.07, 6.45) is 4.22. The molecule has 0 radical (unpaired) electrons. The van der Waals surface area contributed by atoms with E-state index in [4.69, 9.17) is 11.6 Å². The summed E-state index contributed by atoms with van der Waals surface area (Å²) < 4.78 is 0. The Kier molecular flexibility index (Phi) is 5.38. The molecule has 0 unspecified atom stereocenters. The Morgan fingerprint density at radius 2 is 2.00 bits per heavy atom. The van der Waals surface area contributed by atoms with E-state index >= 15 is 0 Å². The molecule has 1 aliphatic rings. The van der Waals surface area contributed by atoms with Crippen LogP contribution in [0.2, 0.25) is 5.02 Å². The fourth-order valence-corrected chi connectivity index (χ4v) is 3.07. The summed E-state index contributed by atoms with van der Waals surface area (Å²) in [6, 6.07) is 7.34. The minimum atomic E-state index is -0.145. The van der Waals surface area contributed by atoms with Crippen LogP contribution in [-0.4, -0.2) is 43.1 Å². The second-order valence-corrected chi connectivity index (χ2v) is 6.72. The van der Waals surface area contributed by atoms with E-state index in [1.807, 2.05) is 37.2 Å². The smallest absolute Gasteiger partial charge is 0.228 e. The van der Waals surface area contributed by atoms with Gasteiger partial charge in [0.05, 0.1) is 12.6 Å². The van der Waals surface area contributed by atoms with Gasteiger partial charge < -0.3 is 15.1 Å². The molecule has 1 saturated heterocycles. The van der Waals surface area contributed by atoms with Crippen molar-refractivity contribution in [2.45, 2.75) is 19.3 Å². The van der Waals surface area contributed by atoms with E-state index < -0.39 is 0 Å². The third-order valence-electron chi connectivity index (χ3n) is 4.15. The summed E-state index contributed by atoms with van der Waals surface area (Å²) in [4.78, 5) is 25.5. The van der Waals surface area contributed by atoms with Crippen molar-refractivity contribution in [3.05, 3.63) is 41.0 Å². The molecule has 132 valence electrons. The average molecular weight is 360 g/mol. The van der Waals surface area contributed by atoms with Gasteiger partial charge in [-0.25, -0.2) is 4.98 Å². The molecule has 2 heterocycles. The monoisotopic (exact) mass is 359 g/mol. The van der Waals surface area contributed by atoms with Crippen molar-refractivity contribution in [1.29, 1.82) is 0 Å². The van der Waals surface area contributed by atoms with Gasteiger partial charge in [0.1, 0.15) is 5.69 Å². The highest BCUT2D eigenvalue weighted by molar-refractivity contribution is 6.31. The summed E-state index contributed by atoms with van der Waals surface area (Å²) in [7, 11) is 3.81. The predicted molar refractivity (Wildman–Crippen MR) is 102 cm³/mol. The Morgan fingerprint density at radius 1 is 1.28 bits per heavy atom. The quantitative estimate of drug-likeness (QED) is 0.889. The lowest BCUT2D eigenvalue weighted by atomic mass is 10.1. The Bertz CT molecular complexity index is 759. The normalized spacial score (nSPS) is 13.8. The predicted octanol–water partition coefficient (Wildman–Crippen LogP) is 2.98. The summed E-state index contributed by atoms with van der Waals surface area (Å²) in [5, 5.41) is 3.49. The van der Waals surface area contributed by atoms with Crippen molar-refractivity contribution in [2.75, 3.05) is 42.3 Å². The molecule has 1 aromatic carbocycles. The first-order chi connectivity index (χ1) is 12.0. The molecule has 6 nitrogen and oxygen atoms in total. The van der Waals surface area contributed by atoms with E-state index in [9.17, 15) is 4.79 Å². The first-order valence-electron chi connectivity index (χ1n) is 8.37. The fourth-order valence-electron chi connectivity index (χ4n) is 2.87. The maximum atomic E-state index is 12.4. The van der Waals surface area contributed by atoms with Crippen LogP contribution in [0.3, 0.4) is 0 Å². The van der Waals surface area contributed by atoms with Crippen LogP contribution in [0.15, 0.2) is 30.5 Å². The highest BCUT2D eigenvalue weighted by Crippen LogP contribution is 2.26. The highest BCUT2D eigenvalue weighted by atomic mass is 35.5. The van der Waals surface area contributed by atoms with Crippen LogP contribution in [-0.2, 0) is 11.2 Å². The second-order valence-electron chi connectivity index (χ2n) is 6.31. The maximum absolute atomic E-state index is 12.4. The van der Waals surface area contributed by atoms with Gasteiger partial charge in [-0.1, -0.05) is 29.8 Å². The van der Waals surface area contributed by atoms with E-state index in [1.165, 1.54) is 0 Å². The van der Waals surface area contributed by atoms with Gasteiger partial charge in [-0.15, -0.1) is 0 Å². The van der Waals surface area contributed by atoms with Gasteiger partial charge in [-0.2, -0.15) is 4.98 Å². The first kappa shape index (κ1) is 17.5. The number of aromatic nitrogens is 2. The number of hydrogen-bond donors (Lipinski definition) is 1. The molecule has 1 aromatic heterocycles. The molecule has 1 aliphatic heterocycles. The van der Waals surface area contributed by atoms with Gasteiger partial charge in [-0.05, 0) is 24.5 Å². The van der Waals surface area contributed by atoms with Crippen LogP contribution in [0.4, 0.5) is 17.5 Å². The minimum Gasteiger partial charge on any atom is -0.361 e. The maximum Gasteiger partial charge on any atom is 0.228 e. The molecule has 1 amide bonds. The molecule has 0 saturated carbocycles. The number of nitrogens with zero attached hydrogens (tertiary/aromatic N) is 4. The van der Waals surface area contributed by atoms with Gasteiger partial charge in [0.2, 0.25) is 11.9 Å². The number of halogens is 1. The molecule has 0 bridgehead atoms. The number of anilines is 3. The molecular weight excluding hydrogens is 338 g/mol. The Labute approximate surface area is 152 Å². The number of carbonyl (C=O) groups is 1. The standard InChI is InChI=1S/C18H22ClN5O/c1-23(2)17-15(12-20-18(22-17)24-9-5-6-10-24)21-16(25)11-13-7-3-4-8-14(13)19/h3-4,7-8,12H,5-6,9-11H2,1-2H3,(H,21,25). The Hall–Kier alpha value is -2.34. The molecule has 0 aliphatic carbocycles. The molecule has 0 atom stereocenters. The van der Waals surface area contributed by atoms with Crippen LogP contribution < -0.4 is 15.1 Å². The van der Waals surface area contributed by atoms with Crippen molar-refractivity contribution in [2.24, 2.45) is 0 Å². The van der Waals surface area contributed by atoms with Crippen molar-refractivity contribution >= 4 is 35.0 Å². The summed E-state index contributed by atoms with van der Waals surface area (Å²) in [5.74, 6) is 1.27. The van der Waals surface area contributed by atoms with Crippen LogP contribution >= 0.6 is 11.6 Å². The lowest BCUT2D eigenvalue weighted by Gasteiger charge is -2.21. The number of carbonyl (C=O) groups excluding carboxylic acids is 1. The minimum absolute atomic E-state index is 0.145. The van der Waals surface area contributed by atoms with Gasteiger partial charge in [0.15, 0.2) is 5.82 Å². The molecule has 1 fully saturated rings. The van der Waals surface area contributed by atoms with Crippen LogP contribution in [0, 0.1) is 0 Å². The zero-order valence-corrected chi connectivity index (χ0v) is 15.3. The number of amides is 1. The van der Waals surface area contributed by atoms with Crippen LogP contribution in [0.1, 0.15) is 18.4 Å². The van der Waals surface area contributed by atoms with Gasteiger partial charge in [0, 0.05) is 32.2 Å². The van der Waals surface area contributed by atoms with E-state index in [1.54, 1.807) is 12.3 Å². The van der Waals surface area contributed by atoms with E-state index in [2.05, 4.69) is 20.2 Å². The fraction of sp³-hybridized carbons (Fsp3) is 0.389. The number of hydrogen-bond acceptors (Lipinski definition) is 5. The number of nitrogens with one attached hydrogen (secondary N) is 1. The lowest BCUT2D eigenvalue weighted by Crippen LogP contribution is -2.24. The number of benzene rings is 1. The van der Waals surface area contributed by atoms with Gasteiger partial charge >= 0.3 is 0 Å². The molecule has 2 aromatic rings. The third kappa shape index (κ3) is 4.20.